The summed E-state index contributed by atoms with van der Waals surface area (Å²) in [5, 5.41) is 2.73. The Kier molecular flexibility index (Phi) is 4.30. The zero-order chi connectivity index (χ0) is 15.7. The molecule has 1 aromatic carbocycles. The molecule has 1 aliphatic rings. The molecule has 1 aromatic rings. The highest BCUT2D eigenvalue weighted by atomic mass is 19.1. The first kappa shape index (κ1) is 15.5. The van der Waals surface area contributed by atoms with E-state index in [1.165, 1.54) is 11.0 Å². The van der Waals surface area contributed by atoms with E-state index in [4.69, 9.17) is 0 Å². The van der Waals surface area contributed by atoms with Gasteiger partial charge in [0.2, 0.25) is 11.8 Å². The molecule has 5 heteroatoms. The normalized spacial score (nSPS) is 22.7. The standard InChI is InChI=1S/C16H21FN2O2/c1-5-12-16(21)19(14(9(2)3)15(20)18-12)13-8-10(4)6-7-11(13)17/h6-9,12,14H,5H2,1-4H3,(H,18,20). The monoisotopic (exact) mass is 292 g/mol. The fourth-order valence-electron chi connectivity index (χ4n) is 2.69. The van der Waals surface area contributed by atoms with Crippen LogP contribution < -0.4 is 10.2 Å². The summed E-state index contributed by atoms with van der Waals surface area (Å²) in [4.78, 5) is 26.3. The van der Waals surface area contributed by atoms with Gasteiger partial charge in [-0.25, -0.2) is 4.39 Å². The van der Waals surface area contributed by atoms with E-state index in [1.54, 1.807) is 12.1 Å². The van der Waals surface area contributed by atoms with Gasteiger partial charge in [0, 0.05) is 0 Å². The number of carbonyl (C=O) groups is 2. The summed E-state index contributed by atoms with van der Waals surface area (Å²) < 4.78 is 14.2. The molecule has 4 nitrogen and oxygen atoms in total. The van der Waals surface area contributed by atoms with Gasteiger partial charge in [0.05, 0.1) is 5.69 Å². The number of aryl methyl sites for hydroxylation is 1. The number of piperazine rings is 1. The number of amides is 2. The summed E-state index contributed by atoms with van der Waals surface area (Å²) in [7, 11) is 0. The van der Waals surface area contributed by atoms with Gasteiger partial charge >= 0.3 is 0 Å². The smallest absolute Gasteiger partial charge is 0.250 e. The second-order valence-electron chi connectivity index (χ2n) is 5.82. The quantitative estimate of drug-likeness (QED) is 0.930. The summed E-state index contributed by atoms with van der Waals surface area (Å²) in [6.45, 7) is 7.36. The maximum absolute atomic E-state index is 14.2. The molecule has 1 fully saturated rings. The second-order valence-corrected chi connectivity index (χ2v) is 5.82. The molecule has 0 radical (unpaired) electrons. The first-order valence-electron chi connectivity index (χ1n) is 7.26. The number of anilines is 1. The molecule has 0 saturated carbocycles. The topological polar surface area (TPSA) is 49.4 Å². The molecule has 2 rings (SSSR count). The predicted octanol–water partition coefficient (Wildman–Crippen LogP) is 2.40. The van der Waals surface area contributed by atoms with E-state index >= 15 is 0 Å². The number of hydrogen-bond donors (Lipinski definition) is 1. The van der Waals surface area contributed by atoms with Crippen LogP contribution in [0.2, 0.25) is 0 Å². The number of carbonyl (C=O) groups excluding carboxylic acids is 2. The van der Waals surface area contributed by atoms with Gasteiger partial charge in [0.1, 0.15) is 17.9 Å². The molecule has 0 aliphatic carbocycles. The fourth-order valence-corrected chi connectivity index (χ4v) is 2.69. The Morgan fingerprint density at radius 2 is 2.00 bits per heavy atom. The minimum absolute atomic E-state index is 0.105. The van der Waals surface area contributed by atoms with Crippen LogP contribution in [0.1, 0.15) is 32.8 Å². The Morgan fingerprint density at radius 3 is 2.57 bits per heavy atom. The number of halogens is 1. The lowest BCUT2D eigenvalue weighted by molar-refractivity contribution is -0.134. The lowest BCUT2D eigenvalue weighted by atomic mass is 9.95. The van der Waals surface area contributed by atoms with Gasteiger partial charge in [-0.2, -0.15) is 0 Å². The molecule has 1 heterocycles. The first-order valence-corrected chi connectivity index (χ1v) is 7.26. The Bertz CT molecular complexity index is 571. The van der Waals surface area contributed by atoms with Crippen LogP contribution in [-0.2, 0) is 9.59 Å². The van der Waals surface area contributed by atoms with Gasteiger partial charge in [-0.3, -0.25) is 14.5 Å². The maximum Gasteiger partial charge on any atom is 0.250 e. The van der Waals surface area contributed by atoms with Crippen molar-refractivity contribution in [3.05, 3.63) is 29.6 Å². The molecule has 1 aliphatic heterocycles. The molecular formula is C16H21FN2O2. The largest absolute Gasteiger partial charge is 0.342 e. The van der Waals surface area contributed by atoms with Crippen molar-refractivity contribution < 1.29 is 14.0 Å². The highest BCUT2D eigenvalue weighted by Crippen LogP contribution is 2.29. The third-order valence-corrected chi connectivity index (χ3v) is 3.80. The van der Waals surface area contributed by atoms with Gasteiger partial charge in [-0.1, -0.05) is 26.8 Å². The third kappa shape index (κ3) is 2.77. The van der Waals surface area contributed by atoms with E-state index in [0.29, 0.717) is 6.42 Å². The van der Waals surface area contributed by atoms with Crippen LogP contribution >= 0.6 is 0 Å². The molecule has 2 atom stereocenters. The van der Waals surface area contributed by atoms with Crippen molar-refractivity contribution in [2.24, 2.45) is 5.92 Å². The van der Waals surface area contributed by atoms with E-state index in [2.05, 4.69) is 5.32 Å². The lowest BCUT2D eigenvalue weighted by Gasteiger charge is -2.40. The third-order valence-electron chi connectivity index (χ3n) is 3.80. The van der Waals surface area contributed by atoms with Crippen LogP contribution in [0.5, 0.6) is 0 Å². The highest BCUT2D eigenvalue weighted by molar-refractivity contribution is 6.08. The average Bonchev–Trinajstić information content (AvgIpc) is 2.43. The van der Waals surface area contributed by atoms with Crippen molar-refractivity contribution in [1.29, 1.82) is 0 Å². The van der Waals surface area contributed by atoms with Crippen molar-refractivity contribution >= 4 is 17.5 Å². The van der Waals surface area contributed by atoms with Crippen LogP contribution in [-0.4, -0.2) is 23.9 Å². The SMILES string of the molecule is CCC1NC(=O)C(C(C)C)N(c2cc(C)ccc2F)C1=O. The van der Waals surface area contributed by atoms with Crippen molar-refractivity contribution in [2.45, 2.75) is 46.2 Å². The van der Waals surface area contributed by atoms with E-state index in [0.717, 1.165) is 5.56 Å². The van der Waals surface area contributed by atoms with Gasteiger partial charge < -0.3 is 5.32 Å². The summed E-state index contributed by atoms with van der Waals surface area (Å²) in [6.07, 6.45) is 0.485. The molecule has 0 bridgehead atoms. The van der Waals surface area contributed by atoms with Crippen LogP contribution in [0.3, 0.4) is 0 Å². The Labute approximate surface area is 124 Å². The van der Waals surface area contributed by atoms with Crippen LogP contribution in [0.4, 0.5) is 10.1 Å². The molecule has 1 saturated heterocycles. The minimum atomic E-state index is -0.684. The van der Waals surface area contributed by atoms with Crippen molar-refractivity contribution in [3.8, 4) is 0 Å². The Balaban J connectivity index is 2.55. The highest BCUT2D eigenvalue weighted by Gasteiger charge is 2.42. The number of nitrogens with zero attached hydrogens (tertiary/aromatic N) is 1. The zero-order valence-electron chi connectivity index (χ0n) is 12.8. The van der Waals surface area contributed by atoms with Crippen LogP contribution in [0.15, 0.2) is 18.2 Å². The number of hydrogen-bond acceptors (Lipinski definition) is 2. The lowest BCUT2D eigenvalue weighted by Crippen LogP contribution is -2.65. The molecule has 114 valence electrons. The molecular weight excluding hydrogens is 271 g/mol. The molecule has 2 unspecified atom stereocenters. The van der Waals surface area contributed by atoms with E-state index in [-0.39, 0.29) is 23.4 Å². The average molecular weight is 292 g/mol. The fraction of sp³-hybridized carbons (Fsp3) is 0.500. The number of benzene rings is 1. The van der Waals surface area contributed by atoms with Crippen molar-refractivity contribution in [1.82, 2.24) is 5.32 Å². The van der Waals surface area contributed by atoms with Gasteiger partial charge in [-0.15, -0.1) is 0 Å². The van der Waals surface area contributed by atoms with Crippen LogP contribution in [0.25, 0.3) is 0 Å². The Hall–Kier alpha value is -1.91. The van der Waals surface area contributed by atoms with Gasteiger partial charge in [0.15, 0.2) is 0 Å². The zero-order valence-corrected chi connectivity index (χ0v) is 12.8. The maximum atomic E-state index is 14.2. The van der Waals surface area contributed by atoms with E-state index < -0.39 is 17.9 Å². The van der Waals surface area contributed by atoms with Crippen LogP contribution in [0, 0.1) is 18.7 Å². The first-order chi connectivity index (χ1) is 9.86. The molecule has 21 heavy (non-hydrogen) atoms. The van der Waals surface area contributed by atoms with Gasteiger partial charge in [-0.05, 0) is 37.0 Å². The summed E-state index contributed by atoms with van der Waals surface area (Å²) in [6, 6.07) is 3.33. The summed E-state index contributed by atoms with van der Waals surface area (Å²) in [5.41, 5.74) is 1.03. The van der Waals surface area contributed by atoms with E-state index in [1.807, 2.05) is 27.7 Å². The van der Waals surface area contributed by atoms with E-state index in [9.17, 15) is 14.0 Å². The molecule has 0 aromatic heterocycles. The molecule has 1 N–H and O–H groups in total. The summed E-state index contributed by atoms with van der Waals surface area (Å²) in [5.74, 6) is -1.06. The number of rotatable bonds is 3. The molecule has 2 amide bonds. The molecule has 0 spiro atoms. The Morgan fingerprint density at radius 1 is 1.33 bits per heavy atom. The van der Waals surface area contributed by atoms with Gasteiger partial charge in [0.25, 0.3) is 0 Å². The van der Waals surface area contributed by atoms with Crippen molar-refractivity contribution in [2.75, 3.05) is 4.90 Å². The predicted molar refractivity (Wildman–Crippen MR) is 79.5 cm³/mol. The number of nitrogens with one attached hydrogen (secondary N) is 1. The second kappa shape index (κ2) is 5.84. The van der Waals surface area contributed by atoms with Crippen molar-refractivity contribution in [3.63, 3.8) is 0 Å². The summed E-state index contributed by atoms with van der Waals surface area (Å²) >= 11 is 0. The minimum Gasteiger partial charge on any atom is -0.342 e.